The average molecular weight is 355 g/mol. The summed E-state index contributed by atoms with van der Waals surface area (Å²) in [6, 6.07) is 9.10. The number of rotatable bonds is 5. The van der Waals surface area contributed by atoms with Crippen molar-refractivity contribution in [3.63, 3.8) is 0 Å². The summed E-state index contributed by atoms with van der Waals surface area (Å²) in [5.41, 5.74) is 0.112. The third kappa shape index (κ3) is 4.08. The minimum absolute atomic E-state index is 0.0258. The fourth-order valence-electron chi connectivity index (χ4n) is 1.76. The van der Waals surface area contributed by atoms with Gasteiger partial charge in [-0.2, -0.15) is 0 Å². The molecule has 0 bridgehead atoms. The van der Waals surface area contributed by atoms with Gasteiger partial charge in [0.05, 0.1) is 16.4 Å². The van der Waals surface area contributed by atoms with E-state index in [4.69, 9.17) is 11.6 Å². The first-order valence-electron chi connectivity index (χ1n) is 6.34. The van der Waals surface area contributed by atoms with Crippen LogP contribution in [0.2, 0.25) is 5.02 Å². The lowest BCUT2D eigenvalue weighted by Crippen LogP contribution is -2.17. The van der Waals surface area contributed by atoms with Crippen molar-refractivity contribution in [1.29, 1.82) is 0 Å². The number of nitrogens with one attached hydrogen (secondary N) is 2. The molecule has 0 heterocycles. The van der Waals surface area contributed by atoms with Crippen molar-refractivity contribution in [2.24, 2.45) is 0 Å². The van der Waals surface area contributed by atoms with Crippen molar-refractivity contribution in [1.82, 2.24) is 0 Å². The predicted molar refractivity (Wildman–Crippen MR) is 87.5 cm³/mol. The summed E-state index contributed by atoms with van der Waals surface area (Å²) in [7, 11) is -4.04. The van der Waals surface area contributed by atoms with Crippen molar-refractivity contribution in [2.45, 2.75) is 4.90 Å². The van der Waals surface area contributed by atoms with E-state index in [1.54, 1.807) is 6.07 Å². The Morgan fingerprint density at radius 3 is 2.52 bits per heavy atom. The number of benzene rings is 2. The van der Waals surface area contributed by atoms with Crippen LogP contribution < -0.4 is 10.0 Å². The molecule has 0 aliphatic rings. The van der Waals surface area contributed by atoms with Crippen LogP contribution in [0, 0.1) is 5.82 Å². The van der Waals surface area contributed by atoms with E-state index >= 15 is 0 Å². The number of carbonyl (C=O) groups is 1. The molecule has 0 radical (unpaired) electrons. The molecule has 5 nitrogen and oxygen atoms in total. The largest absolute Gasteiger partial charge is 0.321 e. The third-order valence-electron chi connectivity index (χ3n) is 2.80. The van der Waals surface area contributed by atoms with Gasteiger partial charge in [0.15, 0.2) is 0 Å². The number of hydrogen-bond acceptors (Lipinski definition) is 3. The maximum absolute atomic E-state index is 13.0. The van der Waals surface area contributed by atoms with Gasteiger partial charge in [0, 0.05) is 0 Å². The number of sulfonamides is 1. The smallest absolute Gasteiger partial charge is 0.264 e. The molecule has 0 fully saturated rings. The van der Waals surface area contributed by atoms with Crippen molar-refractivity contribution in [3.8, 4) is 0 Å². The van der Waals surface area contributed by atoms with E-state index in [0.717, 1.165) is 18.2 Å². The highest BCUT2D eigenvalue weighted by atomic mass is 35.5. The molecule has 0 saturated heterocycles. The molecule has 2 aromatic carbocycles. The van der Waals surface area contributed by atoms with Gasteiger partial charge in [0.1, 0.15) is 10.7 Å². The number of anilines is 2. The van der Waals surface area contributed by atoms with Crippen LogP contribution in [0.25, 0.3) is 0 Å². The quantitative estimate of drug-likeness (QED) is 0.808. The second-order valence-corrected chi connectivity index (χ2v) is 6.48. The minimum Gasteiger partial charge on any atom is -0.321 e. The fourth-order valence-corrected chi connectivity index (χ4v) is 3.27. The maximum Gasteiger partial charge on any atom is 0.264 e. The van der Waals surface area contributed by atoms with Gasteiger partial charge in [-0.05, 0) is 36.4 Å². The summed E-state index contributed by atoms with van der Waals surface area (Å²) >= 11 is 5.82. The molecule has 0 spiro atoms. The van der Waals surface area contributed by atoms with Gasteiger partial charge < -0.3 is 5.32 Å². The van der Waals surface area contributed by atoms with Gasteiger partial charge in [-0.15, -0.1) is 0 Å². The molecule has 120 valence electrons. The molecule has 0 aliphatic heterocycles. The van der Waals surface area contributed by atoms with E-state index in [-0.39, 0.29) is 21.3 Å². The molecule has 0 atom stereocenters. The summed E-state index contributed by atoms with van der Waals surface area (Å²) in [5, 5.41) is 2.32. The summed E-state index contributed by atoms with van der Waals surface area (Å²) in [4.78, 5) is 11.2. The Hall–Kier alpha value is -2.38. The van der Waals surface area contributed by atoms with Gasteiger partial charge in [-0.25, -0.2) is 12.8 Å². The first-order valence-corrected chi connectivity index (χ1v) is 8.20. The Kier molecular flexibility index (Phi) is 5.02. The zero-order valence-electron chi connectivity index (χ0n) is 11.7. The van der Waals surface area contributed by atoms with Crippen LogP contribution in [0.15, 0.2) is 60.0 Å². The molecule has 0 aliphatic carbocycles. The molecule has 2 aromatic rings. The van der Waals surface area contributed by atoms with Crippen LogP contribution in [-0.4, -0.2) is 14.3 Å². The monoisotopic (exact) mass is 354 g/mol. The van der Waals surface area contributed by atoms with Gasteiger partial charge in [0.2, 0.25) is 5.91 Å². The van der Waals surface area contributed by atoms with Crippen LogP contribution in [0.5, 0.6) is 0 Å². The third-order valence-corrected chi connectivity index (χ3v) is 4.53. The number of amides is 1. The number of halogens is 2. The standard InChI is InChI=1S/C15H12ClFN2O3S/c1-2-15(20)18-13-5-3-4-6-14(13)23(21,22)19-12-8-7-10(17)9-11(12)16/h2-9,19H,1H2,(H,18,20). The molecule has 2 N–H and O–H groups in total. The Labute approximate surface area is 137 Å². The van der Waals surface area contributed by atoms with E-state index in [1.165, 1.54) is 24.3 Å². The van der Waals surface area contributed by atoms with Gasteiger partial charge in [-0.3, -0.25) is 9.52 Å². The van der Waals surface area contributed by atoms with Crippen LogP contribution in [0.4, 0.5) is 15.8 Å². The molecule has 8 heteroatoms. The molecular weight excluding hydrogens is 343 g/mol. The van der Waals surface area contributed by atoms with E-state index in [9.17, 15) is 17.6 Å². The van der Waals surface area contributed by atoms with E-state index in [2.05, 4.69) is 16.6 Å². The molecule has 0 aromatic heterocycles. The molecule has 2 rings (SSSR count). The highest BCUT2D eigenvalue weighted by molar-refractivity contribution is 7.93. The van der Waals surface area contributed by atoms with Gasteiger partial charge >= 0.3 is 0 Å². The van der Waals surface area contributed by atoms with Crippen LogP contribution in [0.1, 0.15) is 0 Å². The van der Waals surface area contributed by atoms with Crippen molar-refractivity contribution < 1.29 is 17.6 Å². The van der Waals surface area contributed by atoms with E-state index in [1.807, 2.05) is 0 Å². The van der Waals surface area contributed by atoms with E-state index < -0.39 is 21.7 Å². The van der Waals surface area contributed by atoms with Gasteiger partial charge in [0.25, 0.3) is 10.0 Å². The molecular formula is C15H12ClFN2O3S. The Balaban J connectivity index is 2.40. The lowest BCUT2D eigenvalue weighted by atomic mass is 10.3. The lowest BCUT2D eigenvalue weighted by molar-refractivity contribution is -0.111. The fraction of sp³-hybridized carbons (Fsp3) is 0. The molecule has 0 unspecified atom stereocenters. The SMILES string of the molecule is C=CC(=O)Nc1ccccc1S(=O)(=O)Nc1ccc(F)cc1Cl. The maximum atomic E-state index is 13.0. The summed E-state index contributed by atoms with van der Waals surface area (Å²) < 4.78 is 40.3. The van der Waals surface area contributed by atoms with Gasteiger partial charge in [-0.1, -0.05) is 30.3 Å². The lowest BCUT2D eigenvalue weighted by Gasteiger charge is -2.13. The number of para-hydroxylation sites is 1. The summed E-state index contributed by atoms with van der Waals surface area (Å²) in [6.07, 6.45) is 1.02. The highest BCUT2D eigenvalue weighted by Gasteiger charge is 2.20. The molecule has 0 saturated carbocycles. The zero-order chi connectivity index (χ0) is 17.0. The summed E-state index contributed by atoms with van der Waals surface area (Å²) in [6.45, 7) is 3.31. The molecule has 1 amide bonds. The Morgan fingerprint density at radius 1 is 1.17 bits per heavy atom. The normalized spacial score (nSPS) is 10.9. The Bertz CT molecular complexity index is 869. The van der Waals surface area contributed by atoms with Crippen LogP contribution >= 0.6 is 11.6 Å². The van der Waals surface area contributed by atoms with Crippen LogP contribution in [0.3, 0.4) is 0 Å². The van der Waals surface area contributed by atoms with Crippen molar-refractivity contribution in [2.75, 3.05) is 10.0 Å². The average Bonchev–Trinajstić information content (AvgIpc) is 2.50. The Morgan fingerprint density at radius 2 is 1.87 bits per heavy atom. The predicted octanol–water partition coefficient (Wildman–Crippen LogP) is 3.40. The second kappa shape index (κ2) is 6.80. The second-order valence-electron chi connectivity index (χ2n) is 4.42. The summed E-state index contributed by atoms with van der Waals surface area (Å²) in [5.74, 6) is -1.14. The van der Waals surface area contributed by atoms with Crippen LogP contribution in [-0.2, 0) is 14.8 Å². The van der Waals surface area contributed by atoms with Crippen molar-refractivity contribution >= 4 is 38.9 Å². The minimum atomic E-state index is -4.04. The molecule has 23 heavy (non-hydrogen) atoms. The first kappa shape index (κ1) is 17.0. The topological polar surface area (TPSA) is 75.3 Å². The highest BCUT2D eigenvalue weighted by Crippen LogP contribution is 2.28. The zero-order valence-corrected chi connectivity index (χ0v) is 13.3. The number of carbonyl (C=O) groups excluding carboxylic acids is 1. The number of hydrogen-bond donors (Lipinski definition) is 2. The first-order chi connectivity index (χ1) is 10.8. The van der Waals surface area contributed by atoms with E-state index in [0.29, 0.717) is 0 Å². The van der Waals surface area contributed by atoms with Crippen molar-refractivity contribution in [3.05, 3.63) is 66.0 Å².